The summed E-state index contributed by atoms with van der Waals surface area (Å²) in [4.78, 5) is 20.0. The third-order valence-corrected chi connectivity index (χ3v) is 7.57. The van der Waals surface area contributed by atoms with Gasteiger partial charge in [0.15, 0.2) is 0 Å². The Bertz CT molecular complexity index is 1340. The lowest BCUT2D eigenvalue weighted by Gasteiger charge is -2.20. The second-order valence-corrected chi connectivity index (χ2v) is 11.2. The minimum Gasteiger partial charge on any atom is -0.493 e. The van der Waals surface area contributed by atoms with E-state index in [-0.39, 0.29) is 23.7 Å². The summed E-state index contributed by atoms with van der Waals surface area (Å²) in [6.45, 7) is 8.03. The van der Waals surface area contributed by atoms with Crippen LogP contribution in [0.15, 0.2) is 36.7 Å². The third-order valence-electron chi connectivity index (χ3n) is 7.57. The second kappa shape index (κ2) is 9.98. The van der Waals surface area contributed by atoms with E-state index in [1.165, 1.54) is 6.07 Å². The van der Waals surface area contributed by atoms with Crippen LogP contribution >= 0.6 is 0 Å². The molecule has 0 aliphatic heterocycles. The number of benzene rings is 2. The van der Waals surface area contributed by atoms with Crippen LogP contribution in [0.1, 0.15) is 73.0 Å². The van der Waals surface area contributed by atoms with Crippen molar-refractivity contribution in [2.24, 2.45) is 5.92 Å². The van der Waals surface area contributed by atoms with E-state index in [0.29, 0.717) is 36.5 Å². The molecule has 7 nitrogen and oxygen atoms in total. The second-order valence-electron chi connectivity index (χ2n) is 11.2. The van der Waals surface area contributed by atoms with Gasteiger partial charge in [0.2, 0.25) is 0 Å². The van der Waals surface area contributed by atoms with Gasteiger partial charge in [0.05, 0.1) is 42.3 Å². The summed E-state index contributed by atoms with van der Waals surface area (Å²) in [5, 5.41) is 22.4. The standard InChI is InChI=1S/C30H34FN3O4/c1-16-11-18(38-10-9-30(3,4)37)12-17(2)27(16)19-5-7-23(31)28-20(19)6-8-24(28)34-26-15-32-25(14-33-26)21-13-22(21)29(35)36/h5,7,11-12,14-15,21-22,24,37H,6,8-10,13H2,1-4H3,(H,33,34)(H,35,36)/t21-,22-,24+/m0/s1. The van der Waals surface area contributed by atoms with Gasteiger partial charge >= 0.3 is 5.97 Å². The predicted octanol–water partition coefficient (Wildman–Crippen LogP) is 5.73. The lowest BCUT2D eigenvalue weighted by atomic mass is 9.90. The van der Waals surface area contributed by atoms with Crippen LogP contribution in [0.25, 0.3) is 11.1 Å². The largest absolute Gasteiger partial charge is 0.493 e. The van der Waals surface area contributed by atoms with E-state index in [2.05, 4.69) is 15.3 Å². The predicted molar refractivity (Wildman–Crippen MR) is 143 cm³/mol. The first-order valence-corrected chi connectivity index (χ1v) is 13.1. The van der Waals surface area contributed by atoms with Gasteiger partial charge in [-0.1, -0.05) is 6.07 Å². The molecule has 3 aromatic rings. The Morgan fingerprint density at radius 3 is 2.53 bits per heavy atom. The molecule has 2 aliphatic carbocycles. The average molecular weight is 520 g/mol. The van der Waals surface area contributed by atoms with Crippen molar-refractivity contribution in [3.05, 3.63) is 70.4 Å². The van der Waals surface area contributed by atoms with Gasteiger partial charge in [-0.25, -0.2) is 9.37 Å². The molecule has 2 aromatic carbocycles. The number of hydrogen-bond donors (Lipinski definition) is 3. The van der Waals surface area contributed by atoms with Crippen molar-refractivity contribution >= 4 is 11.8 Å². The fourth-order valence-electron chi connectivity index (χ4n) is 5.52. The number of aromatic nitrogens is 2. The summed E-state index contributed by atoms with van der Waals surface area (Å²) in [7, 11) is 0. The summed E-state index contributed by atoms with van der Waals surface area (Å²) >= 11 is 0. The van der Waals surface area contributed by atoms with E-state index in [1.807, 2.05) is 32.0 Å². The first kappa shape index (κ1) is 26.1. The number of fused-ring (bicyclic) bond motifs is 1. The van der Waals surface area contributed by atoms with Crippen molar-refractivity contribution in [2.45, 2.75) is 70.9 Å². The monoisotopic (exact) mass is 519 g/mol. The number of aryl methyl sites for hydroxylation is 2. The lowest BCUT2D eigenvalue weighted by Crippen LogP contribution is -2.21. The van der Waals surface area contributed by atoms with Crippen LogP contribution in [0.5, 0.6) is 5.75 Å². The molecule has 0 radical (unpaired) electrons. The molecule has 5 rings (SSSR count). The highest BCUT2D eigenvalue weighted by Crippen LogP contribution is 2.47. The van der Waals surface area contributed by atoms with Gasteiger partial charge < -0.3 is 20.3 Å². The molecule has 0 amide bonds. The van der Waals surface area contributed by atoms with Crippen molar-refractivity contribution in [3.8, 4) is 16.9 Å². The average Bonchev–Trinajstić information content (AvgIpc) is 3.54. The minimum atomic E-state index is -0.800. The van der Waals surface area contributed by atoms with E-state index in [4.69, 9.17) is 9.84 Å². The van der Waals surface area contributed by atoms with Gasteiger partial charge in [-0.15, -0.1) is 0 Å². The molecular formula is C30H34FN3O4. The zero-order chi connectivity index (χ0) is 27.2. The van der Waals surface area contributed by atoms with Crippen molar-refractivity contribution in [1.82, 2.24) is 9.97 Å². The highest BCUT2D eigenvalue weighted by molar-refractivity contribution is 5.77. The van der Waals surface area contributed by atoms with Gasteiger partial charge in [0.1, 0.15) is 17.4 Å². The third kappa shape index (κ3) is 5.36. The minimum absolute atomic E-state index is 0.0777. The van der Waals surface area contributed by atoms with Gasteiger partial charge in [-0.3, -0.25) is 9.78 Å². The molecule has 200 valence electrons. The molecule has 0 spiro atoms. The summed E-state index contributed by atoms with van der Waals surface area (Å²) in [5.41, 5.74) is 5.77. The first-order chi connectivity index (χ1) is 18.0. The summed E-state index contributed by atoms with van der Waals surface area (Å²) in [6.07, 6.45) is 5.81. The van der Waals surface area contributed by atoms with E-state index in [0.717, 1.165) is 46.4 Å². The SMILES string of the molecule is Cc1cc(OCCC(C)(C)O)cc(C)c1-c1ccc(F)c2c1CC[C@H]2Nc1cnc([C@H]2C[C@@H]2C(=O)O)cn1. The molecular weight excluding hydrogens is 485 g/mol. The number of rotatable bonds is 9. The highest BCUT2D eigenvalue weighted by atomic mass is 19.1. The smallest absolute Gasteiger partial charge is 0.307 e. The van der Waals surface area contributed by atoms with Crippen molar-refractivity contribution in [2.75, 3.05) is 11.9 Å². The van der Waals surface area contributed by atoms with E-state index in [1.54, 1.807) is 26.2 Å². The van der Waals surface area contributed by atoms with Crippen molar-refractivity contribution in [1.29, 1.82) is 0 Å². The molecule has 38 heavy (non-hydrogen) atoms. The van der Waals surface area contributed by atoms with Crippen LogP contribution < -0.4 is 10.1 Å². The van der Waals surface area contributed by atoms with Gasteiger partial charge in [-0.05, 0) is 93.0 Å². The Kier molecular flexibility index (Phi) is 6.86. The number of carbonyl (C=O) groups is 1. The molecule has 0 unspecified atom stereocenters. The van der Waals surface area contributed by atoms with E-state index in [9.17, 15) is 9.90 Å². The topological polar surface area (TPSA) is 105 Å². The molecule has 8 heteroatoms. The molecule has 3 atom stereocenters. The fourth-order valence-corrected chi connectivity index (χ4v) is 5.52. The van der Waals surface area contributed by atoms with Gasteiger partial charge in [0, 0.05) is 17.9 Å². The number of aliphatic carboxylic acids is 1. The summed E-state index contributed by atoms with van der Waals surface area (Å²) < 4.78 is 21.1. The van der Waals surface area contributed by atoms with Crippen LogP contribution in [0, 0.1) is 25.6 Å². The Hall–Kier alpha value is -3.52. The number of carboxylic acid groups (broad SMARTS) is 1. The molecule has 3 N–H and O–H groups in total. The molecule has 1 aromatic heterocycles. The Balaban J connectivity index is 1.36. The van der Waals surface area contributed by atoms with Crippen molar-refractivity contribution < 1.29 is 24.1 Å². The van der Waals surface area contributed by atoms with Gasteiger partial charge in [0.25, 0.3) is 0 Å². The quantitative estimate of drug-likeness (QED) is 0.332. The zero-order valence-electron chi connectivity index (χ0n) is 22.2. The maximum absolute atomic E-state index is 15.2. The number of nitrogens with one attached hydrogen (secondary N) is 1. The molecule has 0 saturated heterocycles. The van der Waals surface area contributed by atoms with Gasteiger partial charge in [-0.2, -0.15) is 0 Å². The Morgan fingerprint density at radius 2 is 1.92 bits per heavy atom. The van der Waals surface area contributed by atoms with Crippen LogP contribution in [-0.4, -0.2) is 38.4 Å². The van der Waals surface area contributed by atoms with Crippen LogP contribution in [0.3, 0.4) is 0 Å². The Morgan fingerprint density at radius 1 is 1.18 bits per heavy atom. The van der Waals surface area contributed by atoms with Crippen molar-refractivity contribution in [3.63, 3.8) is 0 Å². The number of ether oxygens (including phenoxy) is 1. The number of halogens is 1. The highest BCUT2D eigenvalue weighted by Gasteiger charge is 2.45. The number of nitrogens with zero attached hydrogens (tertiary/aromatic N) is 2. The maximum Gasteiger partial charge on any atom is 0.307 e. The van der Waals surface area contributed by atoms with Crippen LogP contribution in [0.4, 0.5) is 10.2 Å². The van der Waals surface area contributed by atoms with E-state index >= 15 is 4.39 Å². The molecule has 1 heterocycles. The summed E-state index contributed by atoms with van der Waals surface area (Å²) in [6, 6.07) is 7.17. The maximum atomic E-state index is 15.2. The lowest BCUT2D eigenvalue weighted by molar-refractivity contribution is -0.138. The summed E-state index contributed by atoms with van der Waals surface area (Å²) in [5.74, 6) is -0.194. The molecule has 1 fully saturated rings. The van der Waals surface area contributed by atoms with Crippen LogP contribution in [0.2, 0.25) is 0 Å². The zero-order valence-corrected chi connectivity index (χ0v) is 22.2. The normalized spacial score (nSPS) is 20.2. The molecule has 1 saturated carbocycles. The first-order valence-electron chi connectivity index (χ1n) is 13.1. The number of aliphatic hydroxyl groups is 1. The number of hydrogen-bond acceptors (Lipinski definition) is 6. The molecule has 0 bridgehead atoms. The fraction of sp³-hybridized carbons (Fsp3) is 0.433. The van der Waals surface area contributed by atoms with E-state index < -0.39 is 11.6 Å². The molecule has 2 aliphatic rings. The number of anilines is 1. The Labute approximate surface area is 222 Å². The number of carboxylic acids is 1. The van der Waals surface area contributed by atoms with Crippen LogP contribution in [-0.2, 0) is 11.2 Å².